The van der Waals surface area contributed by atoms with Gasteiger partial charge in [-0.3, -0.25) is 0 Å². The van der Waals surface area contributed by atoms with Gasteiger partial charge >= 0.3 is 0 Å². The van der Waals surface area contributed by atoms with E-state index in [0.29, 0.717) is 10.6 Å². The van der Waals surface area contributed by atoms with Crippen molar-refractivity contribution in [3.8, 4) is 11.5 Å². The van der Waals surface area contributed by atoms with Gasteiger partial charge in [0.1, 0.15) is 12.4 Å². The van der Waals surface area contributed by atoms with Crippen LogP contribution in [0.5, 0.6) is 11.5 Å². The van der Waals surface area contributed by atoms with Crippen molar-refractivity contribution in [1.29, 1.82) is 0 Å². The topological polar surface area (TPSA) is 30.5 Å². The van der Waals surface area contributed by atoms with Crippen LogP contribution in [0.25, 0.3) is 0 Å². The molecule has 2 aromatic carbocycles. The van der Waals surface area contributed by atoms with Crippen LogP contribution in [0, 0.1) is 5.82 Å². The summed E-state index contributed by atoms with van der Waals surface area (Å²) in [6.07, 6.45) is 0.483. The summed E-state index contributed by atoms with van der Waals surface area (Å²) in [6.45, 7) is 3.34. The Morgan fingerprint density at radius 2 is 2.08 bits per heavy atom. The van der Waals surface area contributed by atoms with Gasteiger partial charge in [0.2, 0.25) is 0 Å². The molecule has 1 unspecified atom stereocenters. The lowest BCUT2D eigenvalue weighted by atomic mass is 9.93. The molecule has 3 nitrogen and oxygen atoms in total. The Hall–Kier alpha value is -1.49. The van der Waals surface area contributed by atoms with E-state index < -0.39 is 6.10 Å². The number of rotatable bonds is 1. The molecular weight excluding hydrogens is 352 g/mol. The minimum atomic E-state index is -0.472. The van der Waals surface area contributed by atoms with E-state index in [1.165, 1.54) is 11.6 Å². The Morgan fingerprint density at radius 1 is 1.25 bits per heavy atom. The average molecular weight is 370 g/mol. The predicted molar refractivity (Wildman–Crippen MR) is 94.1 cm³/mol. The highest BCUT2D eigenvalue weighted by atomic mass is 35.5. The Morgan fingerprint density at radius 3 is 2.88 bits per heavy atom. The van der Waals surface area contributed by atoms with Crippen LogP contribution in [0.1, 0.15) is 35.8 Å². The van der Waals surface area contributed by atoms with Gasteiger partial charge in [0.25, 0.3) is 0 Å². The van der Waals surface area contributed by atoms with Gasteiger partial charge in [-0.15, -0.1) is 12.4 Å². The van der Waals surface area contributed by atoms with Gasteiger partial charge in [0.15, 0.2) is 17.6 Å². The Bertz CT molecular complexity index is 769. The van der Waals surface area contributed by atoms with E-state index in [1.54, 1.807) is 12.1 Å². The highest BCUT2D eigenvalue weighted by Crippen LogP contribution is 2.44. The van der Waals surface area contributed by atoms with Crippen molar-refractivity contribution in [2.75, 3.05) is 13.2 Å². The van der Waals surface area contributed by atoms with Crippen molar-refractivity contribution in [1.82, 2.24) is 5.32 Å². The summed E-state index contributed by atoms with van der Waals surface area (Å²) in [6, 6.07) is 8.86. The molecule has 1 N–H and O–H groups in total. The molecule has 0 saturated heterocycles. The summed E-state index contributed by atoms with van der Waals surface area (Å²) in [5.74, 6) is 1.09. The summed E-state index contributed by atoms with van der Waals surface area (Å²) < 4.78 is 26.2. The highest BCUT2D eigenvalue weighted by molar-refractivity contribution is 6.30. The molecule has 0 aromatic heterocycles. The fourth-order valence-electron chi connectivity index (χ4n) is 3.33. The fraction of sp³-hybridized carbons (Fsp3) is 0.333. The number of nitrogens with one attached hydrogen (secondary N) is 1. The standard InChI is InChI=1S/C18H17ClFNO2.ClH/c1-10-17-11(6-7-21-10)2-5-15-18(17)23-16(9-22-15)13-4-3-12(19)8-14(13)20;/h2-5,8,10,16,21H,6-7,9H2,1H3;1H/t10?,16-;/m1./s1. The molecular formula is C18H18Cl2FNO2. The molecule has 0 spiro atoms. The number of hydrogen-bond donors (Lipinski definition) is 1. The normalized spacial score (nSPS) is 21.6. The maximum absolute atomic E-state index is 14.2. The summed E-state index contributed by atoms with van der Waals surface area (Å²) in [5.41, 5.74) is 2.85. The SMILES string of the molecule is CC1NCCc2ccc3c(c21)O[C@@H](c1ccc(Cl)cc1F)CO3.Cl. The van der Waals surface area contributed by atoms with Crippen LogP contribution >= 0.6 is 24.0 Å². The summed E-state index contributed by atoms with van der Waals surface area (Å²) >= 11 is 5.83. The molecule has 0 bridgehead atoms. The number of ether oxygens (including phenoxy) is 2. The van der Waals surface area contributed by atoms with Crippen LogP contribution in [-0.4, -0.2) is 13.2 Å². The molecule has 0 aliphatic carbocycles. The zero-order valence-electron chi connectivity index (χ0n) is 13.1. The third kappa shape index (κ3) is 2.94. The van der Waals surface area contributed by atoms with Crippen LogP contribution in [-0.2, 0) is 6.42 Å². The minimum Gasteiger partial charge on any atom is -0.485 e. The molecule has 24 heavy (non-hydrogen) atoms. The van der Waals surface area contributed by atoms with E-state index in [4.69, 9.17) is 21.1 Å². The lowest BCUT2D eigenvalue weighted by Crippen LogP contribution is -2.30. The van der Waals surface area contributed by atoms with Gasteiger partial charge < -0.3 is 14.8 Å². The molecule has 128 valence electrons. The largest absolute Gasteiger partial charge is 0.485 e. The van der Waals surface area contributed by atoms with Crippen molar-refractivity contribution in [2.45, 2.75) is 25.5 Å². The second-order valence-electron chi connectivity index (χ2n) is 5.97. The van der Waals surface area contributed by atoms with Gasteiger partial charge in [-0.1, -0.05) is 23.7 Å². The molecule has 6 heteroatoms. The van der Waals surface area contributed by atoms with Crippen LogP contribution in [0.4, 0.5) is 4.39 Å². The molecule has 0 radical (unpaired) electrons. The van der Waals surface area contributed by atoms with E-state index in [2.05, 4.69) is 18.3 Å². The van der Waals surface area contributed by atoms with E-state index in [1.807, 2.05) is 6.07 Å². The Kier molecular flexibility index (Phi) is 4.90. The summed E-state index contributed by atoms with van der Waals surface area (Å²) in [7, 11) is 0. The van der Waals surface area contributed by atoms with Crippen LogP contribution in [0.3, 0.4) is 0 Å². The first-order chi connectivity index (χ1) is 11.1. The maximum atomic E-state index is 14.2. The molecule has 4 rings (SSSR count). The molecule has 2 aromatic rings. The molecule has 0 amide bonds. The van der Waals surface area contributed by atoms with Crippen molar-refractivity contribution in [2.24, 2.45) is 0 Å². The summed E-state index contributed by atoms with van der Waals surface area (Å²) in [5, 5.41) is 3.81. The maximum Gasteiger partial charge on any atom is 0.167 e. The molecule has 2 aliphatic rings. The Balaban J connectivity index is 0.00000169. The van der Waals surface area contributed by atoms with Gasteiger partial charge in [-0.2, -0.15) is 0 Å². The number of benzene rings is 2. The first-order valence-electron chi connectivity index (χ1n) is 7.77. The number of halogens is 3. The third-order valence-electron chi connectivity index (χ3n) is 4.49. The molecule has 0 fully saturated rings. The summed E-state index contributed by atoms with van der Waals surface area (Å²) in [4.78, 5) is 0. The van der Waals surface area contributed by atoms with Gasteiger partial charge in [-0.25, -0.2) is 4.39 Å². The van der Waals surface area contributed by atoms with Gasteiger partial charge in [0.05, 0.1) is 0 Å². The predicted octanol–water partition coefficient (Wildman–Crippen LogP) is 4.62. The van der Waals surface area contributed by atoms with Gasteiger partial charge in [-0.05, 0) is 43.7 Å². The van der Waals surface area contributed by atoms with Crippen molar-refractivity contribution >= 4 is 24.0 Å². The first-order valence-corrected chi connectivity index (χ1v) is 8.15. The van der Waals surface area contributed by atoms with Crippen LogP contribution in [0.2, 0.25) is 5.02 Å². The molecule has 0 saturated carbocycles. The second-order valence-corrected chi connectivity index (χ2v) is 6.41. The zero-order valence-corrected chi connectivity index (χ0v) is 14.7. The Labute approximate surface area is 151 Å². The quantitative estimate of drug-likeness (QED) is 0.795. The van der Waals surface area contributed by atoms with Gasteiger partial charge in [0, 0.05) is 22.2 Å². The fourth-order valence-corrected chi connectivity index (χ4v) is 3.49. The highest BCUT2D eigenvalue weighted by Gasteiger charge is 2.31. The lowest BCUT2D eigenvalue weighted by molar-refractivity contribution is 0.0861. The molecule has 2 heterocycles. The molecule has 2 aliphatic heterocycles. The zero-order chi connectivity index (χ0) is 16.0. The monoisotopic (exact) mass is 369 g/mol. The van der Waals surface area contributed by atoms with Crippen LogP contribution in [0.15, 0.2) is 30.3 Å². The smallest absolute Gasteiger partial charge is 0.167 e. The lowest BCUT2D eigenvalue weighted by Gasteiger charge is -2.33. The number of fused-ring (bicyclic) bond motifs is 3. The van der Waals surface area contributed by atoms with E-state index >= 15 is 0 Å². The van der Waals surface area contributed by atoms with E-state index in [-0.39, 0.29) is 30.9 Å². The second kappa shape index (κ2) is 6.79. The van der Waals surface area contributed by atoms with Crippen molar-refractivity contribution in [3.05, 3.63) is 57.9 Å². The third-order valence-corrected chi connectivity index (χ3v) is 4.72. The van der Waals surface area contributed by atoms with Crippen molar-refractivity contribution in [3.63, 3.8) is 0 Å². The molecule has 2 atom stereocenters. The van der Waals surface area contributed by atoms with E-state index in [9.17, 15) is 4.39 Å². The van der Waals surface area contributed by atoms with Crippen LogP contribution < -0.4 is 14.8 Å². The first kappa shape index (κ1) is 17.3. The average Bonchev–Trinajstić information content (AvgIpc) is 2.54. The number of hydrogen-bond acceptors (Lipinski definition) is 3. The minimum absolute atomic E-state index is 0. The van der Waals surface area contributed by atoms with Crippen molar-refractivity contribution < 1.29 is 13.9 Å². The van der Waals surface area contributed by atoms with E-state index in [0.717, 1.165) is 30.0 Å².